The van der Waals surface area contributed by atoms with Gasteiger partial charge in [-0.1, -0.05) is 6.08 Å². The molecule has 0 aliphatic rings. The quantitative estimate of drug-likeness (QED) is 0.812. The third-order valence-electron chi connectivity index (χ3n) is 2.36. The highest BCUT2D eigenvalue weighted by molar-refractivity contribution is 5.94. The third-order valence-corrected chi connectivity index (χ3v) is 2.36. The molecule has 110 valence electrons. The molecule has 0 aliphatic heterocycles. The van der Waals surface area contributed by atoms with Crippen molar-refractivity contribution in [3.63, 3.8) is 0 Å². The Bertz CT molecular complexity index is 508. The smallest absolute Gasteiger partial charge is 0.406 e. The fourth-order valence-corrected chi connectivity index (χ4v) is 1.64. The van der Waals surface area contributed by atoms with Crippen LogP contribution >= 0.6 is 0 Å². The van der Waals surface area contributed by atoms with Crippen molar-refractivity contribution in [2.24, 2.45) is 0 Å². The summed E-state index contributed by atoms with van der Waals surface area (Å²) in [5.41, 5.74) is -0.217. The van der Waals surface area contributed by atoms with Crippen LogP contribution in [0.2, 0.25) is 0 Å². The summed E-state index contributed by atoms with van der Waals surface area (Å²) >= 11 is 0. The van der Waals surface area contributed by atoms with Gasteiger partial charge in [0.15, 0.2) is 0 Å². The Balaban J connectivity index is 2.97. The van der Waals surface area contributed by atoms with Gasteiger partial charge >= 0.3 is 12.1 Å². The second-order valence-electron chi connectivity index (χ2n) is 4.00. The summed E-state index contributed by atoms with van der Waals surface area (Å²) in [6, 6.07) is 2.51. The van der Waals surface area contributed by atoms with E-state index in [1.807, 2.05) is 0 Å². The minimum Gasteiger partial charge on any atom is -0.480 e. The number of rotatable bonds is 6. The van der Waals surface area contributed by atoms with Gasteiger partial charge in [0.25, 0.3) is 5.91 Å². The van der Waals surface area contributed by atoms with Crippen LogP contribution in [0.5, 0.6) is 0 Å². The molecule has 0 saturated carbocycles. The lowest BCUT2D eigenvalue weighted by Crippen LogP contribution is -2.37. The molecule has 0 radical (unpaired) electrons. The molecule has 5 nitrogen and oxygen atoms in total. The highest BCUT2D eigenvalue weighted by atomic mass is 19.4. The Morgan fingerprint density at radius 1 is 1.45 bits per heavy atom. The first-order valence-corrected chi connectivity index (χ1v) is 5.58. The van der Waals surface area contributed by atoms with Crippen LogP contribution in [0.3, 0.4) is 0 Å². The maximum atomic E-state index is 12.4. The summed E-state index contributed by atoms with van der Waals surface area (Å²) in [7, 11) is 0. The number of carbonyl (C=O) groups is 2. The summed E-state index contributed by atoms with van der Waals surface area (Å²) in [6.45, 7) is 1.39. The van der Waals surface area contributed by atoms with E-state index in [4.69, 9.17) is 5.11 Å². The maximum Gasteiger partial charge on any atom is 0.406 e. The van der Waals surface area contributed by atoms with Crippen molar-refractivity contribution in [2.45, 2.75) is 12.7 Å². The zero-order chi connectivity index (χ0) is 15.3. The van der Waals surface area contributed by atoms with Crippen molar-refractivity contribution < 1.29 is 27.9 Å². The van der Waals surface area contributed by atoms with Gasteiger partial charge in [-0.15, -0.1) is 6.58 Å². The first-order chi connectivity index (χ1) is 9.24. The number of aromatic nitrogens is 1. The van der Waals surface area contributed by atoms with Crippen LogP contribution in [0.15, 0.2) is 31.0 Å². The van der Waals surface area contributed by atoms with E-state index in [9.17, 15) is 22.8 Å². The number of carboxylic acid groups (broad SMARTS) is 1. The van der Waals surface area contributed by atoms with Gasteiger partial charge in [-0.3, -0.25) is 9.59 Å². The molecule has 0 spiro atoms. The summed E-state index contributed by atoms with van der Waals surface area (Å²) in [5, 5.41) is 8.70. The van der Waals surface area contributed by atoms with E-state index in [1.54, 1.807) is 0 Å². The molecule has 20 heavy (non-hydrogen) atoms. The SMILES string of the molecule is C=CCN(CC(=O)O)C(=O)c1cccn1CC(F)(F)F. The van der Waals surface area contributed by atoms with E-state index < -0.39 is 31.1 Å². The number of carboxylic acids is 1. The molecule has 0 aliphatic carbocycles. The van der Waals surface area contributed by atoms with E-state index >= 15 is 0 Å². The molecule has 8 heteroatoms. The predicted molar refractivity (Wildman–Crippen MR) is 64.2 cm³/mol. The lowest BCUT2D eigenvalue weighted by atomic mass is 10.3. The molecule has 0 aromatic carbocycles. The summed E-state index contributed by atoms with van der Waals surface area (Å²) in [5.74, 6) is -2.05. The van der Waals surface area contributed by atoms with E-state index in [1.165, 1.54) is 18.2 Å². The fraction of sp³-hybridized carbons (Fsp3) is 0.333. The molecule has 0 fully saturated rings. The lowest BCUT2D eigenvalue weighted by molar-refractivity contribution is -0.141. The topological polar surface area (TPSA) is 62.5 Å². The first kappa shape index (κ1) is 15.8. The zero-order valence-corrected chi connectivity index (χ0v) is 10.4. The minimum absolute atomic E-state index is 0.0671. The van der Waals surface area contributed by atoms with Crippen LogP contribution in [0, 0.1) is 0 Å². The molecule has 1 aromatic heterocycles. The number of aliphatic carboxylic acids is 1. The molecule has 1 rings (SSSR count). The van der Waals surface area contributed by atoms with Crippen molar-refractivity contribution >= 4 is 11.9 Å². The van der Waals surface area contributed by atoms with Crippen molar-refractivity contribution in [1.82, 2.24) is 9.47 Å². The van der Waals surface area contributed by atoms with Crippen molar-refractivity contribution in [2.75, 3.05) is 13.1 Å². The van der Waals surface area contributed by atoms with Crippen LogP contribution in [0.25, 0.3) is 0 Å². The van der Waals surface area contributed by atoms with Gasteiger partial charge in [0.1, 0.15) is 18.8 Å². The number of hydrogen-bond donors (Lipinski definition) is 1. The number of amides is 1. The standard InChI is InChI=1S/C12H13F3N2O3/c1-2-5-16(7-10(18)19)11(20)9-4-3-6-17(9)8-12(13,14)15/h2-4,6H,1,5,7-8H2,(H,18,19). The van der Waals surface area contributed by atoms with Gasteiger partial charge in [-0.25, -0.2) is 0 Å². The van der Waals surface area contributed by atoms with Gasteiger partial charge in [0, 0.05) is 12.7 Å². The monoisotopic (exact) mass is 290 g/mol. The summed E-state index contributed by atoms with van der Waals surface area (Å²) in [4.78, 5) is 23.6. The Labute approximate surface area is 112 Å². The summed E-state index contributed by atoms with van der Waals surface area (Å²) in [6.07, 6.45) is -2.05. The number of carbonyl (C=O) groups excluding carboxylic acids is 1. The second kappa shape index (κ2) is 6.27. The number of nitrogens with zero attached hydrogens (tertiary/aromatic N) is 2. The van der Waals surface area contributed by atoms with Crippen LogP contribution < -0.4 is 0 Å². The number of alkyl halides is 3. The number of hydrogen-bond acceptors (Lipinski definition) is 2. The molecule has 1 amide bonds. The van der Waals surface area contributed by atoms with Gasteiger partial charge in [-0.2, -0.15) is 13.2 Å². The van der Waals surface area contributed by atoms with Gasteiger partial charge in [0.05, 0.1) is 0 Å². The van der Waals surface area contributed by atoms with Gasteiger partial charge in [0.2, 0.25) is 0 Å². The van der Waals surface area contributed by atoms with Crippen molar-refractivity contribution in [3.8, 4) is 0 Å². The molecular formula is C12H13F3N2O3. The first-order valence-electron chi connectivity index (χ1n) is 5.58. The molecule has 0 unspecified atom stereocenters. The van der Waals surface area contributed by atoms with E-state index in [0.717, 1.165) is 15.7 Å². The Morgan fingerprint density at radius 2 is 2.10 bits per heavy atom. The largest absolute Gasteiger partial charge is 0.480 e. The average Bonchev–Trinajstić information content (AvgIpc) is 2.72. The highest BCUT2D eigenvalue weighted by Crippen LogP contribution is 2.19. The highest BCUT2D eigenvalue weighted by Gasteiger charge is 2.30. The van der Waals surface area contributed by atoms with Crippen molar-refractivity contribution in [3.05, 3.63) is 36.7 Å². The summed E-state index contributed by atoms with van der Waals surface area (Å²) < 4.78 is 37.8. The molecule has 1 heterocycles. The van der Waals surface area contributed by atoms with Crippen LogP contribution in [-0.4, -0.2) is 45.7 Å². The average molecular weight is 290 g/mol. The zero-order valence-electron chi connectivity index (χ0n) is 10.4. The van der Waals surface area contributed by atoms with Crippen LogP contribution in [0.1, 0.15) is 10.5 Å². The van der Waals surface area contributed by atoms with Gasteiger partial charge < -0.3 is 14.6 Å². The molecule has 0 atom stereocenters. The normalized spacial score (nSPS) is 11.2. The third kappa shape index (κ3) is 4.45. The van der Waals surface area contributed by atoms with Crippen LogP contribution in [0.4, 0.5) is 13.2 Å². The van der Waals surface area contributed by atoms with Crippen LogP contribution in [-0.2, 0) is 11.3 Å². The van der Waals surface area contributed by atoms with E-state index in [0.29, 0.717) is 0 Å². The molecular weight excluding hydrogens is 277 g/mol. The fourth-order valence-electron chi connectivity index (χ4n) is 1.64. The Kier molecular flexibility index (Phi) is 4.95. The minimum atomic E-state index is -4.47. The predicted octanol–water partition coefficient (Wildman–Crippen LogP) is 1.76. The van der Waals surface area contributed by atoms with Crippen molar-refractivity contribution in [1.29, 1.82) is 0 Å². The maximum absolute atomic E-state index is 12.4. The Hall–Kier alpha value is -2.25. The lowest BCUT2D eigenvalue weighted by Gasteiger charge is -2.20. The molecule has 0 bridgehead atoms. The van der Waals surface area contributed by atoms with E-state index in [-0.39, 0.29) is 12.2 Å². The molecule has 1 N–H and O–H groups in total. The second-order valence-corrected chi connectivity index (χ2v) is 4.00. The number of halogens is 3. The Morgan fingerprint density at radius 3 is 2.60 bits per heavy atom. The molecule has 1 aromatic rings. The van der Waals surface area contributed by atoms with Gasteiger partial charge in [-0.05, 0) is 12.1 Å². The van der Waals surface area contributed by atoms with E-state index in [2.05, 4.69) is 6.58 Å². The molecule has 0 saturated heterocycles.